The van der Waals surface area contributed by atoms with Gasteiger partial charge in [0.1, 0.15) is 11.6 Å². The van der Waals surface area contributed by atoms with E-state index in [0.29, 0.717) is 24.2 Å². The first-order chi connectivity index (χ1) is 11.7. The summed E-state index contributed by atoms with van der Waals surface area (Å²) in [7, 11) is 1.74. The zero-order chi connectivity index (χ0) is 16.7. The van der Waals surface area contributed by atoms with E-state index in [4.69, 9.17) is 4.42 Å². The Morgan fingerprint density at radius 2 is 2.04 bits per heavy atom. The lowest BCUT2D eigenvalue weighted by Crippen LogP contribution is -2.20. The molecule has 5 nitrogen and oxygen atoms in total. The highest BCUT2D eigenvalue weighted by Gasteiger charge is 2.34. The smallest absolute Gasteiger partial charge is 0.169 e. The second-order valence-electron chi connectivity index (χ2n) is 5.85. The molecule has 1 aliphatic carbocycles. The molecule has 1 atom stereocenters. The quantitative estimate of drug-likeness (QED) is 0.800. The van der Waals surface area contributed by atoms with Crippen LogP contribution in [0, 0.1) is 5.82 Å². The summed E-state index contributed by atoms with van der Waals surface area (Å²) >= 11 is 0. The van der Waals surface area contributed by atoms with E-state index in [2.05, 4.69) is 10.4 Å². The van der Waals surface area contributed by atoms with Crippen molar-refractivity contribution >= 4 is 11.6 Å². The summed E-state index contributed by atoms with van der Waals surface area (Å²) < 4.78 is 20.4. The Kier molecular flexibility index (Phi) is 3.45. The Labute approximate surface area is 138 Å². The number of furan rings is 1. The van der Waals surface area contributed by atoms with Gasteiger partial charge in [0.2, 0.25) is 0 Å². The molecule has 2 aromatic heterocycles. The van der Waals surface area contributed by atoms with Gasteiger partial charge >= 0.3 is 0 Å². The minimum absolute atomic E-state index is 0.0133. The van der Waals surface area contributed by atoms with Crippen LogP contribution in [0.15, 0.2) is 47.1 Å². The number of carbonyl (C=O) groups excluding carboxylic acids is 1. The highest BCUT2D eigenvalue weighted by molar-refractivity contribution is 6.03. The highest BCUT2D eigenvalue weighted by Crippen LogP contribution is 2.37. The Bertz CT molecular complexity index is 882. The summed E-state index contributed by atoms with van der Waals surface area (Å²) in [5, 5.41) is 7.49. The number of halogens is 1. The molecular weight excluding hydrogens is 309 g/mol. The summed E-state index contributed by atoms with van der Waals surface area (Å²) in [6.07, 6.45) is 2.65. The molecule has 0 radical (unpaired) electrons. The molecule has 0 spiro atoms. The monoisotopic (exact) mass is 325 g/mol. The summed E-state index contributed by atoms with van der Waals surface area (Å²) in [6, 6.07) is 9.80. The minimum Gasteiger partial charge on any atom is -0.469 e. The average molecular weight is 325 g/mol. The van der Waals surface area contributed by atoms with Crippen molar-refractivity contribution < 1.29 is 13.6 Å². The number of nitrogens with zero attached hydrogens (tertiary/aromatic N) is 2. The minimum atomic E-state index is -0.307. The summed E-state index contributed by atoms with van der Waals surface area (Å²) in [4.78, 5) is 12.7. The Hall–Kier alpha value is -2.89. The third kappa shape index (κ3) is 2.31. The average Bonchev–Trinajstić information content (AvgIpc) is 3.23. The van der Waals surface area contributed by atoms with Gasteiger partial charge in [-0.2, -0.15) is 0 Å². The van der Waals surface area contributed by atoms with Crippen LogP contribution in [-0.2, 0) is 6.42 Å². The molecule has 0 bridgehead atoms. The van der Waals surface area contributed by atoms with E-state index in [-0.39, 0.29) is 17.5 Å². The lowest BCUT2D eigenvalue weighted by molar-refractivity contribution is 0.0960. The molecule has 2 heterocycles. The van der Waals surface area contributed by atoms with E-state index in [1.807, 2.05) is 12.1 Å². The van der Waals surface area contributed by atoms with Gasteiger partial charge in [-0.15, -0.1) is 5.10 Å². The van der Waals surface area contributed by atoms with Gasteiger partial charge in [-0.05, 0) is 36.4 Å². The normalized spacial score (nSPS) is 16.9. The van der Waals surface area contributed by atoms with Crippen LogP contribution in [-0.4, -0.2) is 22.6 Å². The second kappa shape index (κ2) is 5.63. The number of Topliss-reactive ketones (excluding diaryl/α,β-unsaturated/α-hetero) is 1. The standard InChI is InChI=1S/C18H16FN3O2/c1-20-18-17-14(22(21-18)13-6-4-12(19)5-7-13)9-11(10-15(17)23)16-3-2-8-24-16/h2-8,11H,9-10H2,1H3,(H,20,21). The highest BCUT2D eigenvalue weighted by atomic mass is 19.1. The lowest BCUT2D eigenvalue weighted by atomic mass is 9.85. The molecular formula is C18H16FN3O2. The number of hydrogen-bond donors (Lipinski definition) is 1. The third-order valence-corrected chi connectivity index (χ3v) is 4.38. The number of ketones is 1. The van der Waals surface area contributed by atoms with Crippen LogP contribution in [0.2, 0.25) is 0 Å². The zero-order valence-electron chi connectivity index (χ0n) is 13.1. The van der Waals surface area contributed by atoms with Gasteiger partial charge in [0.25, 0.3) is 0 Å². The molecule has 0 saturated heterocycles. The van der Waals surface area contributed by atoms with Crippen molar-refractivity contribution in [3.63, 3.8) is 0 Å². The van der Waals surface area contributed by atoms with Crippen LogP contribution in [0.3, 0.4) is 0 Å². The first-order valence-corrected chi connectivity index (χ1v) is 7.79. The maximum atomic E-state index is 13.2. The summed E-state index contributed by atoms with van der Waals surface area (Å²) in [5.74, 6) is 1.07. The van der Waals surface area contributed by atoms with Crippen LogP contribution in [0.4, 0.5) is 10.2 Å². The van der Waals surface area contributed by atoms with E-state index in [1.165, 1.54) is 12.1 Å². The van der Waals surface area contributed by atoms with E-state index < -0.39 is 0 Å². The van der Waals surface area contributed by atoms with Gasteiger partial charge in [-0.25, -0.2) is 9.07 Å². The van der Waals surface area contributed by atoms with Crippen molar-refractivity contribution in [3.8, 4) is 5.69 Å². The van der Waals surface area contributed by atoms with Gasteiger partial charge in [-0.3, -0.25) is 4.79 Å². The molecule has 1 N–H and O–H groups in total. The number of carbonyl (C=O) groups is 1. The fraction of sp³-hybridized carbons (Fsp3) is 0.222. The molecule has 6 heteroatoms. The van der Waals surface area contributed by atoms with Crippen LogP contribution < -0.4 is 5.32 Å². The van der Waals surface area contributed by atoms with Gasteiger partial charge in [0.05, 0.1) is 23.2 Å². The molecule has 0 saturated carbocycles. The zero-order valence-corrected chi connectivity index (χ0v) is 13.1. The van der Waals surface area contributed by atoms with Crippen molar-refractivity contribution in [2.24, 2.45) is 0 Å². The first kappa shape index (κ1) is 14.7. The predicted octanol–water partition coefficient (Wildman–Crippen LogP) is 3.56. The first-order valence-electron chi connectivity index (χ1n) is 7.79. The molecule has 24 heavy (non-hydrogen) atoms. The number of fused-ring (bicyclic) bond motifs is 1. The number of benzene rings is 1. The SMILES string of the molecule is CNc1nn(-c2ccc(F)cc2)c2c1C(=O)CC(c1ccco1)C2. The number of rotatable bonds is 3. The molecule has 0 aliphatic heterocycles. The van der Waals surface area contributed by atoms with Gasteiger partial charge in [0.15, 0.2) is 11.6 Å². The van der Waals surface area contributed by atoms with Crippen molar-refractivity contribution in [2.45, 2.75) is 18.8 Å². The lowest BCUT2D eigenvalue weighted by Gasteiger charge is -2.21. The van der Waals surface area contributed by atoms with Crippen molar-refractivity contribution in [2.75, 3.05) is 12.4 Å². The van der Waals surface area contributed by atoms with Gasteiger partial charge in [-0.1, -0.05) is 0 Å². The van der Waals surface area contributed by atoms with Crippen LogP contribution in [0.5, 0.6) is 0 Å². The Morgan fingerprint density at radius 3 is 2.71 bits per heavy atom. The number of aromatic nitrogens is 2. The van der Waals surface area contributed by atoms with Crippen molar-refractivity contribution in [3.05, 3.63) is 65.5 Å². The fourth-order valence-corrected chi connectivity index (χ4v) is 3.26. The molecule has 1 unspecified atom stereocenters. The molecule has 1 aromatic carbocycles. The summed E-state index contributed by atoms with van der Waals surface area (Å²) in [5.41, 5.74) is 2.16. The molecule has 0 amide bonds. The van der Waals surface area contributed by atoms with Crippen LogP contribution >= 0.6 is 0 Å². The molecule has 4 rings (SSSR count). The van der Waals surface area contributed by atoms with Crippen LogP contribution in [0.1, 0.15) is 34.2 Å². The fourth-order valence-electron chi connectivity index (χ4n) is 3.26. The topological polar surface area (TPSA) is 60.1 Å². The van der Waals surface area contributed by atoms with Crippen molar-refractivity contribution in [1.29, 1.82) is 0 Å². The molecule has 1 aliphatic rings. The molecule has 0 fully saturated rings. The van der Waals surface area contributed by atoms with E-state index in [1.54, 1.807) is 30.1 Å². The van der Waals surface area contributed by atoms with E-state index >= 15 is 0 Å². The number of anilines is 1. The summed E-state index contributed by atoms with van der Waals surface area (Å²) in [6.45, 7) is 0. The Balaban J connectivity index is 1.83. The van der Waals surface area contributed by atoms with Gasteiger partial charge < -0.3 is 9.73 Å². The third-order valence-electron chi connectivity index (χ3n) is 4.38. The second-order valence-corrected chi connectivity index (χ2v) is 5.85. The molecule has 3 aromatic rings. The predicted molar refractivity (Wildman–Crippen MR) is 87.2 cm³/mol. The Morgan fingerprint density at radius 1 is 1.25 bits per heavy atom. The maximum Gasteiger partial charge on any atom is 0.169 e. The van der Waals surface area contributed by atoms with E-state index in [0.717, 1.165) is 17.1 Å². The van der Waals surface area contributed by atoms with Crippen molar-refractivity contribution in [1.82, 2.24) is 9.78 Å². The van der Waals surface area contributed by atoms with E-state index in [9.17, 15) is 9.18 Å². The van der Waals surface area contributed by atoms with Gasteiger partial charge in [0, 0.05) is 25.8 Å². The molecule has 122 valence electrons. The maximum absolute atomic E-state index is 13.2. The largest absolute Gasteiger partial charge is 0.469 e. The number of hydrogen-bond acceptors (Lipinski definition) is 4. The number of nitrogens with one attached hydrogen (secondary N) is 1. The van der Waals surface area contributed by atoms with Crippen LogP contribution in [0.25, 0.3) is 5.69 Å².